The maximum atomic E-state index is 11.4. The first-order valence-corrected chi connectivity index (χ1v) is 2.09. The summed E-state index contributed by atoms with van der Waals surface area (Å²) < 4.78 is 11.4. The molecule has 4 heteroatoms. The molecule has 7 heavy (non-hydrogen) atoms. The highest BCUT2D eigenvalue weighted by atomic mass is 35.5. The third-order valence-corrected chi connectivity index (χ3v) is 0.483. The van der Waals surface area contributed by atoms with E-state index < -0.39 is 5.63 Å². The van der Waals surface area contributed by atoms with Crippen molar-refractivity contribution in [2.24, 2.45) is 0 Å². The Bertz CT molecular complexity index is 58.9. The van der Waals surface area contributed by atoms with Gasteiger partial charge in [-0.05, 0) is 0 Å². The highest BCUT2D eigenvalue weighted by Gasteiger charge is 1.95. The molecule has 2 nitrogen and oxygen atoms in total. The first kappa shape index (κ1) is 6.69. The minimum absolute atomic E-state index is 0.176. The van der Waals surface area contributed by atoms with E-state index in [9.17, 15) is 9.18 Å². The first-order chi connectivity index (χ1) is 3.27. The average molecular weight is 125 g/mol. The van der Waals surface area contributed by atoms with Crippen LogP contribution in [-0.4, -0.2) is 18.6 Å². The third-order valence-electron chi connectivity index (χ3n) is 0.329. The number of halogens is 2. The van der Waals surface area contributed by atoms with Crippen LogP contribution in [0.15, 0.2) is 0 Å². The van der Waals surface area contributed by atoms with Crippen molar-refractivity contribution < 1.29 is 9.18 Å². The van der Waals surface area contributed by atoms with E-state index in [-0.39, 0.29) is 6.54 Å². The van der Waals surface area contributed by atoms with Crippen LogP contribution >= 0.6 is 11.6 Å². The fraction of sp³-hybridized carbons (Fsp3) is 0.667. The predicted molar refractivity (Wildman–Crippen MR) is 24.4 cm³/mol. The fourth-order valence-electron chi connectivity index (χ4n) is 0.119. The lowest BCUT2D eigenvalue weighted by Gasteiger charge is -1.92. The smallest absolute Gasteiger partial charge is 0.309 e. The van der Waals surface area contributed by atoms with Gasteiger partial charge in [-0.15, -0.1) is 0 Å². The zero-order valence-corrected chi connectivity index (χ0v) is 4.20. The molecule has 41 valence electrons. The van der Waals surface area contributed by atoms with E-state index in [1.165, 1.54) is 6.41 Å². The SMILES string of the molecule is O=[C]NCC(F)Cl. The lowest BCUT2D eigenvalue weighted by Crippen LogP contribution is -2.17. The number of alkyl halides is 2. The minimum Gasteiger partial charge on any atom is -0.344 e. The maximum Gasteiger partial charge on any atom is 0.309 e. The van der Waals surface area contributed by atoms with Gasteiger partial charge in [-0.1, -0.05) is 11.6 Å². The molecule has 0 aromatic carbocycles. The van der Waals surface area contributed by atoms with E-state index in [1.54, 1.807) is 0 Å². The van der Waals surface area contributed by atoms with Crippen LogP contribution < -0.4 is 5.32 Å². The van der Waals surface area contributed by atoms with Gasteiger partial charge >= 0.3 is 6.41 Å². The lowest BCUT2D eigenvalue weighted by molar-refractivity contribution is 0.433. The Hall–Kier alpha value is -0.310. The van der Waals surface area contributed by atoms with Crippen LogP contribution in [0.5, 0.6) is 0 Å². The highest BCUT2D eigenvalue weighted by Crippen LogP contribution is 1.91. The average Bonchev–Trinajstić information content (AvgIpc) is 1.61. The molecule has 0 fully saturated rings. The monoisotopic (exact) mass is 124 g/mol. The second kappa shape index (κ2) is 3.87. The van der Waals surface area contributed by atoms with Crippen LogP contribution in [0.1, 0.15) is 0 Å². The lowest BCUT2D eigenvalue weighted by atomic mass is 10.7. The molecule has 0 heterocycles. The van der Waals surface area contributed by atoms with Crippen LogP contribution in [0.3, 0.4) is 0 Å². The topological polar surface area (TPSA) is 29.1 Å². The second-order valence-electron chi connectivity index (χ2n) is 0.874. The van der Waals surface area contributed by atoms with Crippen LogP contribution in [0.4, 0.5) is 4.39 Å². The molecule has 0 rings (SSSR count). The van der Waals surface area contributed by atoms with Crippen molar-refractivity contribution in [2.45, 2.75) is 5.63 Å². The van der Waals surface area contributed by atoms with Gasteiger partial charge in [0.1, 0.15) is 0 Å². The molecule has 0 saturated carbocycles. The Balaban J connectivity index is 2.81. The zero-order valence-electron chi connectivity index (χ0n) is 3.45. The normalized spacial score (nSPS) is 12.9. The molecule has 1 N–H and O–H groups in total. The molecule has 0 spiro atoms. The van der Waals surface area contributed by atoms with Gasteiger partial charge in [-0.3, -0.25) is 4.79 Å². The Morgan fingerprint density at radius 1 is 2.00 bits per heavy atom. The number of amides is 1. The van der Waals surface area contributed by atoms with Crippen LogP contribution in [0.2, 0.25) is 0 Å². The summed E-state index contributed by atoms with van der Waals surface area (Å²) in [7, 11) is 0. The minimum atomic E-state index is -1.50. The summed E-state index contributed by atoms with van der Waals surface area (Å²) in [6.45, 7) is -0.176. The number of nitrogens with one attached hydrogen (secondary N) is 1. The Morgan fingerprint density at radius 3 is 2.71 bits per heavy atom. The molecule has 0 aliphatic carbocycles. The summed E-state index contributed by atoms with van der Waals surface area (Å²) in [4.78, 5) is 9.25. The molecule has 0 aromatic heterocycles. The van der Waals surface area contributed by atoms with Crippen LogP contribution in [-0.2, 0) is 4.79 Å². The molecular weight excluding hydrogens is 120 g/mol. The molecule has 1 unspecified atom stereocenters. The van der Waals surface area contributed by atoms with E-state index in [2.05, 4.69) is 0 Å². The van der Waals surface area contributed by atoms with Gasteiger partial charge in [-0.2, -0.15) is 0 Å². The molecule has 0 saturated heterocycles. The number of rotatable bonds is 3. The quantitative estimate of drug-likeness (QED) is 0.422. The molecular formula is C3H4ClFNO. The highest BCUT2D eigenvalue weighted by molar-refractivity contribution is 6.19. The van der Waals surface area contributed by atoms with Crippen molar-refractivity contribution in [3.05, 3.63) is 0 Å². The third kappa shape index (κ3) is 5.69. The van der Waals surface area contributed by atoms with Crippen molar-refractivity contribution in [1.29, 1.82) is 0 Å². The second-order valence-corrected chi connectivity index (χ2v) is 1.35. The summed E-state index contributed by atoms with van der Waals surface area (Å²) in [6, 6.07) is 0. The largest absolute Gasteiger partial charge is 0.344 e. The maximum absolute atomic E-state index is 11.4. The predicted octanol–water partition coefficient (Wildman–Crippen LogP) is 0.178. The molecule has 1 atom stereocenters. The van der Waals surface area contributed by atoms with Gasteiger partial charge < -0.3 is 5.32 Å². The van der Waals surface area contributed by atoms with Crippen LogP contribution in [0, 0.1) is 0 Å². The zero-order chi connectivity index (χ0) is 5.70. The summed E-state index contributed by atoms with van der Waals surface area (Å²) >= 11 is 4.75. The number of hydrogen-bond acceptors (Lipinski definition) is 1. The molecule has 0 aromatic rings. The van der Waals surface area contributed by atoms with E-state index in [0.717, 1.165) is 0 Å². The fourth-order valence-corrected chi connectivity index (χ4v) is 0.196. The summed E-state index contributed by atoms with van der Waals surface area (Å²) in [5, 5.41) is 1.94. The van der Waals surface area contributed by atoms with Crippen molar-refractivity contribution in [1.82, 2.24) is 5.32 Å². The number of hydrogen-bond donors (Lipinski definition) is 1. The Morgan fingerprint density at radius 2 is 2.57 bits per heavy atom. The van der Waals surface area contributed by atoms with Crippen molar-refractivity contribution in [3.63, 3.8) is 0 Å². The Kier molecular flexibility index (Phi) is 3.69. The summed E-state index contributed by atoms with van der Waals surface area (Å²) in [5.41, 5.74) is -1.50. The van der Waals surface area contributed by atoms with Gasteiger partial charge in [-0.25, -0.2) is 4.39 Å². The number of carbonyl (C=O) groups excluding carboxylic acids is 1. The Labute approximate surface area is 45.6 Å². The molecule has 1 radical (unpaired) electrons. The summed E-state index contributed by atoms with van der Waals surface area (Å²) in [6.07, 6.45) is 1.27. The van der Waals surface area contributed by atoms with Gasteiger partial charge in [0.15, 0.2) is 5.63 Å². The molecule has 1 amide bonds. The van der Waals surface area contributed by atoms with Gasteiger partial charge in [0.25, 0.3) is 0 Å². The van der Waals surface area contributed by atoms with Crippen molar-refractivity contribution in [2.75, 3.05) is 6.54 Å². The van der Waals surface area contributed by atoms with E-state index in [4.69, 9.17) is 11.6 Å². The van der Waals surface area contributed by atoms with E-state index in [0.29, 0.717) is 0 Å². The molecule has 0 bridgehead atoms. The van der Waals surface area contributed by atoms with Gasteiger partial charge in [0.05, 0.1) is 6.54 Å². The standard InChI is InChI=1S/C3H4ClFNO/c4-3(5)1-6-2-7/h3H,1H2,(H,6,7). The van der Waals surface area contributed by atoms with Crippen molar-refractivity contribution >= 4 is 18.0 Å². The van der Waals surface area contributed by atoms with Crippen LogP contribution in [0.25, 0.3) is 0 Å². The summed E-state index contributed by atoms with van der Waals surface area (Å²) in [5.74, 6) is 0. The van der Waals surface area contributed by atoms with E-state index >= 15 is 0 Å². The van der Waals surface area contributed by atoms with Crippen molar-refractivity contribution in [3.8, 4) is 0 Å². The molecule has 0 aliphatic heterocycles. The molecule has 0 aliphatic rings. The van der Waals surface area contributed by atoms with Gasteiger partial charge in [0.2, 0.25) is 0 Å². The van der Waals surface area contributed by atoms with E-state index in [1.807, 2.05) is 5.32 Å². The first-order valence-electron chi connectivity index (χ1n) is 1.65. The van der Waals surface area contributed by atoms with Gasteiger partial charge in [0, 0.05) is 0 Å².